The molecular formula is C15H23ClN2O5+2. The summed E-state index contributed by atoms with van der Waals surface area (Å²) in [5.74, 6) is 0. The number of rotatable bonds is 4. The number of hydrogen-bond donors (Lipinski definition) is 4. The van der Waals surface area contributed by atoms with Crippen molar-refractivity contribution in [1.29, 1.82) is 0 Å². The van der Waals surface area contributed by atoms with Crippen molar-refractivity contribution in [3.63, 3.8) is 0 Å². The first-order chi connectivity index (χ1) is 10.6. The van der Waals surface area contributed by atoms with Crippen LogP contribution in [0.5, 0.6) is 0 Å². The summed E-state index contributed by atoms with van der Waals surface area (Å²) in [6, 6.07) is 8.19. The molecule has 0 saturated heterocycles. The van der Waals surface area contributed by atoms with Gasteiger partial charge in [-0.25, -0.2) is 9.13 Å². The minimum absolute atomic E-state index is 0.384. The average Bonchev–Trinajstić information content (AvgIpc) is 2.42. The number of nitrogens with zero attached hydrogens (tertiary/aromatic N) is 2. The molecule has 0 aliphatic carbocycles. The zero-order valence-electron chi connectivity index (χ0n) is 13.1. The molecule has 0 aliphatic heterocycles. The number of aryl methyl sites for hydroxylation is 2. The second kappa shape index (κ2) is 8.88. The molecule has 0 aliphatic rings. The van der Waals surface area contributed by atoms with Crippen LogP contribution >= 0.6 is 0 Å². The van der Waals surface area contributed by atoms with Gasteiger partial charge in [-0.05, 0) is 25.0 Å². The van der Waals surface area contributed by atoms with Crippen molar-refractivity contribution >= 4 is 0 Å². The van der Waals surface area contributed by atoms with Gasteiger partial charge in [0.05, 0.1) is 0 Å². The summed E-state index contributed by atoms with van der Waals surface area (Å²) >= 11 is 0. The predicted octanol–water partition coefficient (Wildman–Crippen LogP) is -1.92. The van der Waals surface area contributed by atoms with Crippen molar-refractivity contribution in [2.75, 3.05) is 0 Å². The van der Waals surface area contributed by atoms with E-state index in [1.54, 1.807) is 0 Å². The fourth-order valence-electron chi connectivity index (χ4n) is 1.85. The topological polar surface area (TPSA) is 112 Å². The summed E-state index contributed by atoms with van der Waals surface area (Å²) in [5.41, 5.74) is 2.46. The zero-order valence-corrected chi connectivity index (χ0v) is 13.8. The molecule has 0 saturated carbocycles. The quantitative estimate of drug-likeness (QED) is 0.482. The first kappa shape index (κ1) is 19.4. The van der Waals surface area contributed by atoms with Gasteiger partial charge in [-0.1, -0.05) is 0 Å². The van der Waals surface area contributed by atoms with Gasteiger partial charge in [-0.2, -0.15) is 0 Å². The van der Waals surface area contributed by atoms with Crippen LogP contribution in [0.25, 0.3) is 0 Å². The summed E-state index contributed by atoms with van der Waals surface area (Å²) in [6.07, 6.45) is 7.61. The normalized spacial score (nSPS) is 11.8. The molecule has 0 radical (unpaired) electrons. The predicted molar refractivity (Wildman–Crippen MR) is 75.4 cm³/mol. The monoisotopic (exact) mass is 346 g/mol. The molecule has 7 nitrogen and oxygen atoms in total. The fraction of sp³-hybridized carbons (Fsp3) is 0.333. The van der Waals surface area contributed by atoms with E-state index in [0.717, 1.165) is 0 Å². The SMILES string of the molecule is Cc1cc[n+](CC(O)C[n+]2ccc(C)cc2)cc1.[O-][Cl+](O)(O)O. The van der Waals surface area contributed by atoms with Gasteiger partial charge in [0, 0.05) is 24.3 Å². The van der Waals surface area contributed by atoms with Gasteiger partial charge < -0.3 is 5.11 Å². The van der Waals surface area contributed by atoms with Gasteiger partial charge in [0.25, 0.3) is 0 Å². The molecule has 8 heteroatoms. The molecule has 0 atom stereocenters. The minimum atomic E-state index is -4.19. The van der Waals surface area contributed by atoms with Crippen LogP contribution < -0.4 is 13.8 Å². The Morgan fingerprint density at radius 1 is 0.870 bits per heavy atom. The summed E-state index contributed by atoms with van der Waals surface area (Å²) in [7, 11) is -4.19. The van der Waals surface area contributed by atoms with Crippen molar-refractivity contribution in [3.8, 4) is 0 Å². The summed E-state index contributed by atoms with van der Waals surface area (Å²) in [6.45, 7) is 5.34. The van der Waals surface area contributed by atoms with Gasteiger partial charge in [-0.3, -0.25) is 0 Å². The van der Waals surface area contributed by atoms with Crippen molar-refractivity contribution in [2.45, 2.75) is 33.0 Å². The summed E-state index contributed by atoms with van der Waals surface area (Å²) in [5, 5.41) is 10.1. The summed E-state index contributed by atoms with van der Waals surface area (Å²) in [4.78, 5) is 0. The molecule has 2 heterocycles. The van der Waals surface area contributed by atoms with E-state index in [1.807, 2.05) is 58.2 Å². The van der Waals surface area contributed by atoms with Gasteiger partial charge in [0.1, 0.15) is 0 Å². The van der Waals surface area contributed by atoms with Crippen molar-refractivity contribution in [3.05, 3.63) is 60.2 Å². The summed E-state index contributed by atoms with van der Waals surface area (Å²) < 4.78 is 34.2. The van der Waals surface area contributed by atoms with E-state index in [1.165, 1.54) is 11.1 Å². The van der Waals surface area contributed by atoms with E-state index in [4.69, 9.17) is 18.6 Å². The van der Waals surface area contributed by atoms with E-state index in [2.05, 4.69) is 13.8 Å². The molecule has 0 amide bonds. The second-order valence-electron chi connectivity index (χ2n) is 5.23. The molecule has 2 aromatic rings. The van der Waals surface area contributed by atoms with Gasteiger partial charge in [-0.15, -0.1) is 0 Å². The first-order valence-corrected chi connectivity index (χ1v) is 8.21. The number of hydrogen-bond acceptors (Lipinski definition) is 5. The van der Waals surface area contributed by atoms with E-state index in [0.29, 0.717) is 13.1 Å². The second-order valence-corrected chi connectivity index (χ2v) is 6.10. The van der Waals surface area contributed by atoms with Crippen LogP contribution in [-0.2, 0) is 13.1 Å². The van der Waals surface area contributed by atoms with E-state index in [-0.39, 0.29) is 6.10 Å². The molecular weight excluding hydrogens is 324 g/mol. The first-order valence-electron chi connectivity index (χ1n) is 6.89. The van der Waals surface area contributed by atoms with Crippen LogP contribution in [0, 0.1) is 24.1 Å². The zero-order chi connectivity index (χ0) is 17.5. The van der Waals surface area contributed by atoms with Crippen molar-refractivity contribution in [2.24, 2.45) is 0 Å². The Hall–Kier alpha value is -1.61. The molecule has 2 rings (SSSR count). The van der Waals surface area contributed by atoms with Crippen LogP contribution in [0.2, 0.25) is 0 Å². The van der Waals surface area contributed by atoms with Crippen LogP contribution in [-0.4, -0.2) is 25.2 Å². The van der Waals surface area contributed by atoms with Crippen LogP contribution in [0.3, 0.4) is 0 Å². The van der Waals surface area contributed by atoms with E-state index >= 15 is 0 Å². The molecule has 128 valence electrons. The van der Waals surface area contributed by atoms with Crippen LogP contribution in [0.4, 0.5) is 0 Å². The molecule has 23 heavy (non-hydrogen) atoms. The number of pyridine rings is 2. The fourth-order valence-corrected chi connectivity index (χ4v) is 1.85. The van der Waals surface area contributed by atoms with E-state index < -0.39 is 10.2 Å². The maximum atomic E-state index is 10.1. The molecule has 0 aromatic carbocycles. The van der Waals surface area contributed by atoms with Gasteiger partial charge in [0.15, 0.2) is 44.0 Å². The van der Waals surface area contributed by atoms with Crippen LogP contribution in [0.1, 0.15) is 11.1 Å². The Morgan fingerprint density at radius 3 is 1.39 bits per heavy atom. The Bertz CT molecular complexity index is 531. The Morgan fingerprint density at radius 2 is 1.13 bits per heavy atom. The number of aliphatic hydroxyl groups is 1. The maximum absolute atomic E-state index is 10.1. The van der Waals surface area contributed by atoms with E-state index in [9.17, 15) is 5.11 Å². The van der Waals surface area contributed by atoms with Crippen LogP contribution in [0.15, 0.2) is 49.1 Å². The molecule has 0 spiro atoms. The van der Waals surface area contributed by atoms with Crippen molar-refractivity contribution < 1.29 is 43.1 Å². The molecule has 4 N–H and O–H groups in total. The third-order valence-electron chi connectivity index (χ3n) is 2.96. The Labute approximate surface area is 137 Å². The molecule has 0 unspecified atom stereocenters. The third kappa shape index (κ3) is 9.90. The Kier molecular flexibility index (Phi) is 7.50. The standard InChI is InChI=1S/C15H20N2O.ClH3O4/c1-13-3-7-16(8-4-13)11-15(18)12-17-9-5-14(2)6-10-17;2-1(3,4)5/h3-10,15,18H,11-12H2,1-2H3;2-4H/q+2;. The molecule has 0 bridgehead atoms. The molecule has 0 fully saturated rings. The molecule has 2 aromatic heterocycles. The number of aromatic nitrogens is 2. The van der Waals surface area contributed by atoms with Gasteiger partial charge >= 0.3 is 28.9 Å². The third-order valence-corrected chi connectivity index (χ3v) is 2.96. The van der Waals surface area contributed by atoms with Crippen molar-refractivity contribution in [1.82, 2.24) is 0 Å². The average molecular weight is 347 g/mol. The number of halogens is 1. The Balaban J connectivity index is 0.000000463. The number of aliphatic hydroxyl groups excluding tert-OH is 1. The van der Waals surface area contributed by atoms with Gasteiger partial charge in [0.2, 0.25) is 0 Å².